The third-order valence-corrected chi connectivity index (χ3v) is 3.65. The molecule has 1 aromatic rings. The molecule has 1 saturated heterocycles. The summed E-state index contributed by atoms with van der Waals surface area (Å²) in [6, 6.07) is 7.30. The number of hydrogen-bond acceptors (Lipinski definition) is 2. The zero-order valence-corrected chi connectivity index (χ0v) is 11.4. The van der Waals surface area contributed by atoms with Crippen LogP contribution in [0, 0.1) is 5.92 Å². The van der Waals surface area contributed by atoms with Gasteiger partial charge in [-0.1, -0.05) is 17.7 Å². The molecule has 0 saturated carbocycles. The zero-order chi connectivity index (χ0) is 13.0. The number of benzene rings is 1. The van der Waals surface area contributed by atoms with Crippen molar-refractivity contribution in [2.45, 2.75) is 19.3 Å². The van der Waals surface area contributed by atoms with Gasteiger partial charge in [0.25, 0.3) is 0 Å². The van der Waals surface area contributed by atoms with E-state index in [9.17, 15) is 4.79 Å². The molecule has 0 aromatic heterocycles. The van der Waals surface area contributed by atoms with Crippen molar-refractivity contribution in [3.63, 3.8) is 0 Å². The first kappa shape index (κ1) is 13.4. The highest BCUT2D eigenvalue weighted by atomic mass is 35.5. The average molecular weight is 267 g/mol. The molecule has 0 spiro atoms. The van der Waals surface area contributed by atoms with Crippen LogP contribution in [0.4, 0.5) is 5.69 Å². The van der Waals surface area contributed by atoms with Gasteiger partial charge in [-0.25, -0.2) is 0 Å². The molecule has 0 bridgehead atoms. The molecule has 1 aliphatic heterocycles. The van der Waals surface area contributed by atoms with Gasteiger partial charge in [0.2, 0.25) is 5.91 Å². The van der Waals surface area contributed by atoms with Gasteiger partial charge in [-0.3, -0.25) is 4.79 Å². The quantitative estimate of drug-likeness (QED) is 0.893. The summed E-state index contributed by atoms with van der Waals surface area (Å²) in [7, 11) is 2.11. The minimum Gasteiger partial charge on any atom is -0.326 e. The van der Waals surface area contributed by atoms with Crippen molar-refractivity contribution in [2.24, 2.45) is 5.92 Å². The molecule has 0 radical (unpaired) electrons. The predicted molar refractivity (Wildman–Crippen MR) is 74.9 cm³/mol. The van der Waals surface area contributed by atoms with Gasteiger partial charge < -0.3 is 10.2 Å². The van der Waals surface area contributed by atoms with Gasteiger partial charge in [0.1, 0.15) is 0 Å². The van der Waals surface area contributed by atoms with Gasteiger partial charge in [-0.15, -0.1) is 0 Å². The normalized spacial score (nSPS) is 21.3. The summed E-state index contributed by atoms with van der Waals surface area (Å²) in [5.74, 6) is 0.237. The van der Waals surface area contributed by atoms with Gasteiger partial charge in [0, 0.05) is 16.6 Å². The van der Waals surface area contributed by atoms with Crippen molar-refractivity contribution < 1.29 is 4.79 Å². The van der Waals surface area contributed by atoms with Crippen molar-refractivity contribution in [2.75, 3.05) is 25.5 Å². The summed E-state index contributed by atoms with van der Waals surface area (Å²) in [4.78, 5) is 14.4. The summed E-state index contributed by atoms with van der Waals surface area (Å²) in [5, 5.41) is 3.60. The lowest BCUT2D eigenvalue weighted by molar-refractivity contribution is -0.120. The van der Waals surface area contributed by atoms with Gasteiger partial charge in [0.15, 0.2) is 0 Å². The minimum atomic E-state index is 0.118. The van der Waals surface area contributed by atoms with Crippen molar-refractivity contribution in [1.82, 2.24) is 4.90 Å². The monoisotopic (exact) mass is 266 g/mol. The van der Waals surface area contributed by atoms with E-state index in [0.717, 1.165) is 38.0 Å². The number of carbonyl (C=O) groups is 1. The van der Waals surface area contributed by atoms with Crippen LogP contribution < -0.4 is 5.32 Å². The molecule has 98 valence electrons. The van der Waals surface area contributed by atoms with Gasteiger partial charge in [-0.05, 0) is 57.6 Å². The molecular weight excluding hydrogens is 248 g/mol. The van der Waals surface area contributed by atoms with Crippen molar-refractivity contribution in [1.29, 1.82) is 0 Å². The van der Waals surface area contributed by atoms with E-state index in [1.54, 1.807) is 12.1 Å². The Labute approximate surface area is 113 Å². The maximum atomic E-state index is 12.2. The molecule has 3 nitrogen and oxygen atoms in total. The molecule has 2 rings (SSSR count). The van der Waals surface area contributed by atoms with E-state index in [-0.39, 0.29) is 11.8 Å². The highest BCUT2D eigenvalue weighted by Gasteiger charge is 2.21. The smallest absolute Gasteiger partial charge is 0.227 e. The summed E-state index contributed by atoms with van der Waals surface area (Å²) in [5.41, 5.74) is 0.783. The Bertz CT molecular complexity index is 422. The van der Waals surface area contributed by atoms with Gasteiger partial charge >= 0.3 is 0 Å². The molecular formula is C14H19ClN2O. The van der Waals surface area contributed by atoms with Gasteiger partial charge in [0.05, 0.1) is 0 Å². The van der Waals surface area contributed by atoms with Crippen molar-refractivity contribution >= 4 is 23.2 Å². The van der Waals surface area contributed by atoms with E-state index in [1.807, 2.05) is 12.1 Å². The standard InChI is InChI=1S/C14H19ClN2O/c1-17-8-3-4-11(7-9-17)14(18)16-13-6-2-5-12(15)10-13/h2,5-6,10-11H,3-4,7-9H2,1H3,(H,16,18). The summed E-state index contributed by atoms with van der Waals surface area (Å²) < 4.78 is 0. The lowest BCUT2D eigenvalue weighted by Gasteiger charge is -2.15. The first-order chi connectivity index (χ1) is 8.65. The van der Waals surface area contributed by atoms with Crippen molar-refractivity contribution in [3.05, 3.63) is 29.3 Å². The first-order valence-corrected chi connectivity index (χ1v) is 6.78. The van der Waals surface area contributed by atoms with Gasteiger partial charge in [-0.2, -0.15) is 0 Å². The highest BCUT2D eigenvalue weighted by molar-refractivity contribution is 6.30. The molecule has 1 aliphatic rings. The van der Waals surface area contributed by atoms with Crippen LogP contribution in [0.1, 0.15) is 19.3 Å². The molecule has 4 heteroatoms. The fraction of sp³-hybridized carbons (Fsp3) is 0.500. The molecule has 1 aromatic carbocycles. The Morgan fingerprint density at radius 3 is 3.00 bits per heavy atom. The van der Waals surface area contributed by atoms with E-state index in [4.69, 9.17) is 11.6 Å². The van der Waals surface area contributed by atoms with Crippen LogP contribution in [-0.4, -0.2) is 30.9 Å². The average Bonchev–Trinajstić information content (AvgIpc) is 2.54. The zero-order valence-electron chi connectivity index (χ0n) is 10.7. The molecule has 1 N–H and O–H groups in total. The molecule has 1 atom stereocenters. The number of likely N-dealkylation sites (tertiary alicyclic amines) is 1. The maximum absolute atomic E-state index is 12.2. The Morgan fingerprint density at radius 1 is 1.39 bits per heavy atom. The Hall–Kier alpha value is -1.06. The number of nitrogens with zero attached hydrogens (tertiary/aromatic N) is 1. The fourth-order valence-electron chi connectivity index (χ4n) is 2.31. The molecule has 1 heterocycles. The Kier molecular flexibility index (Phi) is 4.61. The van der Waals surface area contributed by atoms with Crippen LogP contribution in [0.3, 0.4) is 0 Å². The maximum Gasteiger partial charge on any atom is 0.227 e. The summed E-state index contributed by atoms with van der Waals surface area (Å²) >= 11 is 5.90. The van der Waals surface area contributed by atoms with Crippen LogP contribution >= 0.6 is 11.6 Å². The molecule has 1 unspecified atom stereocenters. The number of rotatable bonds is 2. The second kappa shape index (κ2) is 6.21. The number of nitrogens with one attached hydrogen (secondary N) is 1. The van der Waals surface area contributed by atoms with Crippen LogP contribution in [0.2, 0.25) is 5.02 Å². The Balaban J connectivity index is 1.95. The van der Waals surface area contributed by atoms with Crippen LogP contribution in [0.25, 0.3) is 0 Å². The van der Waals surface area contributed by atoms with E-state index in [2.05, 4.69) is 17.3 Å². The van der Waals surface area contributed by atoms with E-state index >= 15 is 0 Å². The summed E-state index contributed by atoms with van der Waals surface area (Å²) in [6.45, 7) is 2.08. The molecule has 1 amide bonds. The summed E-state index contributed by atoms with van der Waals surface area (Å²) in [6.07, 6.45) is 2.99. The number of halogens is 1. The minimum absolute atomic E-state index is 0.118. The largest absolute Gasteiger partial charge is 0.326 e. The number of amides is 1. The predicted octanol–water partition coefficient (Wildman–Crippen LogP) is 3.01. The lowest BCUT2D eigenvalue weighted by Crippen LogP contribution is -2.24. The fourth-order valence-corrected chi connectivity index (χ4v) is 2.50. The van der Waals surface area contributed by atoms with E-state index < -0.39 is 0 Å². The molecule has 1 fully saturated rings. The SMILES string of the molecule is CN1CCCC(C(=O)Nc2cccc(Cl)c2)CC1. The first-order valence-electron chi connectivity index (χ1n) is 6.40. The lowest BCUT2D eigenvalue weighted by atomic mass is 10.00. The third-order valence-electron chi connectivity index (χ3n) is 3.41. The van der Waals surface area contributed by atoms with Crippen LogP contribution in [0.5, 0.6) is 0 Å². The second-order valence-electron chi connectivity index (χ2n) is 4.93. The van der Waals surface area contributed by atoms with E-state index in [0.29, 0.717) is 5.02 Å². The topological polar surface area (TPSA) is 32.3 Å². The second-order valence-corrected chi connectivity index (χ2v) is 5.37. The third kappa shape index (κ3) is 3.72. The number of hydrogen-bond donors (Lipinski definition) is 1. The number of anilines is 1. The van der Waals surface area contributed by atoms with Crippen molar-refractivity contribution in [3.8, 4) is 0 Å². The highest BCUT2D eigenvalue weighted by Crippen LogP contribution is 2.20. The van der Waals surface area contributed by atoms with E-state index in [1.165, 1.54) is 0 Å². The molecule has 18 heavy (non-hydrogen) atoms. The molecule has 0 aliphatic carbocycles. The van der Waals surface area contributed by atoms with Crippen LogP contribution in [0.15, 0.2) is 24.3 Å². The Morgan fingerprint density at radius 2 is 2.22 bits per heavy atom. The van der Waals surface area contributed by atoms with Crippen LogP contribution in [-0.2, 0) is 4.79 Å². The number of carbonyl (C=O) groups excluding carboxylic acids is 1.